The highest BCUT2D eigenvalue weighted by Gasteiger charge is 2.05. The normalized spacial score (nSPS) is 10.2. The monoisotopic (exact) mass is 245 g/mol. The minimum Gasteiger partial charge on any atom is -0.226 e. The number of aromatic nitrogens is 1. The summed E-state index contributed by atoms with van der Waals surface area (Å²) in [7, 11) is 2.43. The Morgan fingerprint density at radius 2 is 1.91 bits per heavy atom. The Hall–Kier alpha value is 0.800. The van der Waals surface area contributed by atoms with Gasteiger partial charge in [-0.15, -0.1) is 0 Å². The first-order valence-electron chi connectivity index (χ1n) is 2.53. The van der Waals surface area contributed by atoms with E-state index in [9.17, 15) is 0 Å². The molecule has 1 unspecified atom stereocenters. The molecule has 1 rings (SSSR count). The van der Waals surface area contributed by atoms with E-state index >= 15 is 0 Å². The molecule has 0 N–H and O–H groups in total. The summed E-state index contributed by atoms with van der Waals surface area (Å²) in [6.45, 7) is 0. The fourth-order valence-electron chi connectivity index (χ4n) is 0.511. The van der Waals surface area contributed by atoms with Crippen molar-refractivity contribution in [3.05, 3.63) is 21.3 Å². The van der Waals surface area contributed by atoms with E-state index in [0.29, 0.717) is 15.1 Å². The third-order valence-electron chi connectivity index (χ3n) is 0.966. The molecule has 60 valence electrons. The first-order valence-corrected chi connectivity index (χ1v) is 5.96. The second-order valence-electron chi connectivity index (χ2n) is 1.67. The number of hydrogen-bond acceptors (Lipinski definition) is 2. The number of halogens is 3. The first kappa shape index (κ1) is 9.88. The molecule has 1 heterocycles. The molecule has 0 saturated heterocycles. The van der Waals surface area contributed by atoms with Crippen LogP contribution in [0, 0.1) is 0 Å². The van der Waals surface area contributed by atoms with E-state index in [0.717, 1.165) is 0 Å². The lowest BCUT2D eigenvalue weighted by Gasteiger charge is -2.00. The maximum Gasteiger partial charge on any atom is 0.149 e. The molecule has 0 aliphatic rings. The van der Waals surface area contributed by atoms with Gasteiger partial charge in [0.2, 0.25) is 0 Å². The van der Waals surface area contributed by atoms with Gasteiger partial charge in [-0.2, -0.15) is 0 Å². The highest BCUT2D eigenvalue weighted by atomic mass is 35.5. The molecule has 0 bridgehead atoms. The van der Waals surface area contributed by atoms with Gasteiger partial charge >= 0.3 is 0 Å². The zero-order valence-corrected chi connectivity index (χ0v) is 9.38. The molecule has 0 aliphatic heterocycles. The highest BCUT2D eigenvalue weighted by Crippen LogP contribution is 2.34. The molecule has 6 heteroatoms. The van der Waals surface area contributed by atoms with Crippen molar-refractivity contribution in [1.29, 1.82) is 0 Å². The number of hydrogen-bond donors (Lipinski definition) is 0. The van der Waals surface area contributed by atoms with Gasteiger partial charge in [0.15, 0.2) is 0 Å². The molecule has 1 aromatic heterocycles. The minimum atomic E-state index is 0.279. The third kappa shape index (κ3) is 2.37. The van der Waals surface area contributed by atoms with E-state index in [4.69, 9.17) is 34.8 Å². The molecule has 11 heavy (non-hydrogen) atoms. The molecule has 0 amide bonds. The standard InChI is InChI=1S/C5H3Cl3NPS/c6-2-1-3(7)5(11-10)9-4(2)8/h1H,10H2. The molecule has 1 aromatic rings. The average Bonchev–Trinajstić information content (AvgIpc) is 1.97. The van der Waals surface area contributed by atoms with Crippen LogP contribution in [0.15, 0.2) is 11.1 Å². The first-order chi connectivity index (χ1) is 5.15. The van der Waals surface area contributed by atoms with Crippen LogP contribution in [0.5, 0.6) is 0 Å². The van der Waals surface area contributed by atoms with Crippen molar-refractivity contribution in [3.63, 3.8) is 0 Å². The lowest BCUT2D eigenvalue weighted by atomic mass is 10.5. The summed E-state index contributed by atoms with van der Waals surface area (Å²) in [5.74, 6) is 0. The third-order valence-corrected chi connectivity index (χ3v) is 3.24. The lowest BCUT2D eigenvalue weighted by molar-refractivity contribution is 1.14. The van der Waals surface area contributed by atoms with E-state index < -0.39 is 0 Å². The largest absolute Gasteiger partial charge is 0.226 e. The summed E-state index contributed by atoms with van der Waals surface area (Å²) in [6.07, 6.45) is 0. The maximum absolute atomic E-state index is 5.76. The Balaban J connectivity index is 3.21. The van der Waals surface area contributed by atoms with Gasteiger partial charge < -0.3 is 0 Å². The molecular weight excluding hydrogens is 243 g/mol. The molecule has 1 atom stereocenters. The molecule has 1 nitrogen and oxygen atoms in total. The van der Waals surface area contributed by atoms with Gasteiger partial charge in [-0.05, 0) is 6.07 Å². The summed E-state index contributed by atoms with van der Waals surface area (Å²) in [6, 6.07) is 1.57. The summed E-state index contributed by atoms with van der Waals surface area (Å²) >= 11 is 18.4. The van der Waals surface area contributed by atoms with Crippen molar-refractivity contribution in [2.24, 2.45) is 0 Å². The second kappa shape index (κ2) is 4.15. The SMILES string of the molecule is PSc1nc(Cl)c(Cl)cc1Cl. The van der Waals surface area contributed by atoms with Crippen LogP contribution in [0.2, 0.25) is 15.2 Å². The van der Waals surface area contributed by atoms with Crippen LogP contribution in [-0.2, 0) is 0 Å². The van der Waals surface area contributed by atoms with Crippen LogP contribution in [0.3, 0.4) is 0 Å². The van der Waals surface area contributed by atoms with Crippen molar-refractivity contribution in [2.75, 3.05) is 0 Å². The molecule has 0 saturated carbocycles. The van der Waals surface area contributed by atoms with Crippen LogP contribution in [0.1, 0.15) is 0 Å². The van der Waals surface area contributed by atoms with Gasteiger partial charge in [0.05, 0.1) is 10.0 Å². The Bertz CT molecular complexity index is 281. The topological polar surface area (TPSA) is 12.9 Å². The Morgan fingerprint density at radius 3 is 2.45 bits per heavy atom. The second-order valence-corrected chi connectivity index (χ2v) is 4.17. The van der Waals surface area contributed by atoms with E-state index in [2.05, 4.69) is 13.4 Å². The summed E-state index contributed by atoms with van der Waals surface area (Å²) in [5, 5.41) is 1.82. The predicted octanol–water partition coefficient (Wildman–Crippen LogP) is 3.92. The average molecular weight is 246 g/mol. The van der Waals surface area contributed by atoms with Crippen molar-refractivity contribution in [2.45, 2.75) is 5.03 Å². The molecule has 0 radical (unpaired) electrons. The summed E-state index contributed by atoms with van der Waals surface area (Å²) in [4.78, 5) is 3.93. The van der Waals surface area contributed by atoms with Crippen LogP contribution in [-0.4, -0.2) is 4.98 Å². The van der Waals surface area contributed by atoms with Gasteiger partial charge in [0, 0.05) is 0 Å². The molecular formula is C5H3Cl3NPS. The quantitative estimate of drug-likeness (QED) is 0.550. The van der Waals surface area contributed by atoms with Crippen LogP contribution in [0.4, 0.5) is 0 Å². The van der Waals surface area contributed by atoms with Gasteiger partial charge in [0.1, 0.15) is 10.2 Å². The number of nitrogens with zero attached hydrogens (tertiary/aromatic N) is 1. The van der Waals surface area contributed by atoms with Crippen LogP contribution in [0.25, 0.3) is 0 Å². The molecule has 0 aromatic carbocycles. The summed E-state index contributed by atoms with van der Waals surface area (Å²) < 4.78 is 0. The van der Waals surface area contributed by atoms with Crippen LogP contribution < -0.4 is 0 Å². The van der Waals surface area contributed by atoms with Gasteiger partial charge in [-0.1, -0.05) is 54.6 Å². The van der Waals surface area contributed by atoms with Gasteiger partial charge in [-0.25, -0.2) is 4.98 Å². The van der Waals surface area contributed by atoms with E-state index in [1.165, 1.54) is 11.4 Å². The van der Waals surface area contributed by atoms with E-state index in [1.54, 1.807) is 6.07 Å². The molecule has 0 aliphatic carbocycles. The number of pyridine rings is 1. The lowest BCUT2D eigenvalue weighted by Crippen LogP contribution is -1.81. The van der Waals surface area contributed by atoms with Crippen molar-refractivity contribution in [3.8, 4) is 0 Å². The van der Waals surface area contributed by atoms with Crippen LogP contribution >= 0.6 is 54.6 Å². The highest BCUT2D eigenvalue weighted by molar-refractivity contribution is 8.43. The summed E-state index contributed by atoms with van der Waals surface area (Å²) in [5.41, 5.74) is 0. The number of rotatable bonds is 1. The zero-order valence-electron chi connectivity index (χ0n) is 5.14. The fourth-order valence-corrected chi connectivity index (χ4v) is 2.27. The maximum atomic E-state index is 5.76. The fraction of sp³-hybridized carbons (Fsp3) is 0. The smallest absolute Gasteiger partial charge is 0.149 e. The van der Waals surface area contributed by atoms with Crippen molar-refractivity contribution >= 4 is 54.6 Å². The Labute approximate surface area is 85.8 Å². The van der Waals surface area contributed by atoms with Gasteiger partial charge in [0.25, 0.3) is 0 Å². The predicted molar refractivity (Wildman–Crippen MR) is 54.8 cm³/mol. The Morgan fingerprint density at radius 1 is 1.27 bits per heavy atom. The van der Waals surface area contributed by atoms with E-state index in [-0.39, 0.29) is 5.15 Å². The molecule has 0 spiro atoms. The van der Waals surface area contributed by atoms with Crippen molar-refractivity contribution < 1.29 is 0 Å². The van der Waals surface area contributed by atoms with E-state index in [1.807, 2.05) is 0 Å². The minimum absolute atomic E-state index is 0.279. The molecule has 0 fully saturated rings. The Kier molecular flexibility index (Phi) is 3.73. The van der Waals surface area contributed by atoms with Crippen molar-refractivity contribution in [1.82, 2.24) is 4.98 Å². The van der Waals surface area contributed by atoms with Gasteiger partial charge in [-0.3, -0.25) is 0 Å². The zero-order chi connectivity index (χ0) is 8.43.